The quantitative estimate of drug-likeness (QED) is 0.590. The Balaban J connectivity index is 3.26. The Morgan fingerprint density at radius 2 is 2.00 bits per heavy atom. The number of aromatic nitrogens is 1. The molecule has 1 aromatic heterocycles. The van der Waals surface area contributed by atoms with Gasteiger partial charge in [-0.15, -0.1) is 0 Å². The molecule has 84 valence electrons. The fraction of sp³-hybridized carbons (Fsp3) is 0.444. The van der Waals surface area contributed by atoms with Crippen molar-refractivity contribution in [1.29, 1.82) is 0 Å². The number of nitrogens with zero attached hydrogens (tertiary/aromatic N) is 1. The normalized spacial score (nSPS) is 14.2. The molecule has 1 aromatic rings. The van der Waals surface area contributed by atoms with Crippen molar-refractivity contribution < 1.29 is 22.6 Å². The highest BCUT2D eigenvalue weighted by molar-refractivity contribution is 7.85. The standard InChI is InChI=1S/C9H13NO4S/c1-7(2)10-6-4-3-5-8(10)9(11)15(12,13)14/h3-7,9,11H,1-2H3. The number of hydrogen-bond acceptors (Lipinski definition) is 4. The maximum absolute atomic E-state index is 10.7. The van der Waals surface area contributed by atoms with Gasteiger partial charge in [-0.25, -0.2) is 8.42 Å². The second-order valence-electron chi connectivity index (χ2n) is 3.47. The number of hydrogen-bond donors (Lipinski definition) is 1. The Morgan fingerprint density at radius 3 is 2.47 bits per heavy atom. The molecule has 1 rings (SSSR count). The maximum atomic E-state index is 10.7. The van der Waals surface area contributed by atoms with Gasteiger partial charge in [0.1, 0.15) is 10.1 Å². The second kappa shape index (κ2) is 4.26. The minimum Gasteiger partial charge on any atom is -0.745 e. The fourth-order valence-corrected chi connectivity index (χ4v) is 1.79. The zero-order chi connectivity index (χ0) is 11.6. The number of rotatable bonds is 3. The van der Waals surface area contributed by atoms with Crippen LogP contribution in [0.5, 0.6) is 0 Å². The first kappa shape index (κ1) is 12.1. The first-order valence-corrected chi connectivity index (χ1v) is 5.94. The van der Waals surface area contributed by atoms with Crippen molar-refractivity contribution in [2.75, 3.05) is 0 Å². The summed E-state index contributed by atoms with van der Waals surface area (Å²) in [4.78, 5) is 0. The van der Waals surface area contributed by atoms with Crippen LogP contribution in [0.1, 0.15) is 31.0 Å². The van der Waals surface area contributed by atoms with Gasteiger partial charge in [0, 0.05) is 12.1 Å². The van der Waals surface area contributed by atoms with Crippen molar-refractivity contribution in [3.05, 3.63) is 30.1 Å². The first-order chi connectivity index (χ1) is 6.84. The van der Waals surface area contributed by atoms with Gasteiger partial charge in [-0.05, 0) is 19.9 Å². The third-order valence-electron chi connectivity index (χ3n) is 2.01. The average Bonchev–Trinajstić information content (AvgIpc) is 2.15. The molecule has 0 saturated heterocycles. The minimum atomic E-state index is -4.73. The molecule has 0 spiro atoms. The predicted molar refractivity (Wildman–Crippen MR) is 51.7 cm³/mol. The molecule has 6 heteroatoms. The predicted octanol–water partition coefficient (Wildman–Crippen LogP) is 0.0911. The molecule has 15 heavy (non-hydrogen) atoms. The van der Waals surface area contributed by atoms with Gasteiger partial charge in [0.25, 0.3) is 0 Å². The summed E-state index contributed by atoms with van der Waals surface area (Å²) >= 11 is 0. The topological polar surface area (TPSA) is 81.3 Å². The van der Waals surface area contributed by atoms with Crippen LogP contribution in [0.25, 0.3) is 0 Å². The molecule has 0 radical (unpaired) electrons. The number of aliphatic hydroxyl groups is 1. The highest BCUT2D eigenvalue weighted by Gasteiger charge is 2.26. The third-order valence-corrected chi connectivity index (χ3v) is 2.79. The summed E-state index contributed by atoms with van der Waals surface area (Å²) in [6.07, 6.45) is 1.62. The smallest absolute Gasteiger partial charge is 0.228 e. The summed E-state index contributed by atoms with van der Waals surface area (Å²) in [6, 6.07) is 4.66. The van der Waals surface area contributed by atoms with Gasteiger partial charge in [0.2, 0.25) is 11.1 Å². The molecule has 0 amide bonds. The summed E-state index contributed by atoms with van der Waals surface area (Å²) in [5.41, 5.74) is -1.93. The third kappa shape index (κ3) is 2.74. The summed E-state index contributed by atoms with van der Waals surface area (Å²) in [7, 11) is -4.73. The summed E-state index contributed by atoms with van der Waals surface area (Å²) in [5, 5.41) is 9.37. The Hall–Kier alpha value is -0.980. The Kier molecular flexibility index (Phi) is 3.43. The van der Waals surface area contributed by atoms with Gasteiger partial charge in [-0.2, -0.15) is 4.57 Å². The average molecular weight is 231 g/mol. The lowest BCUT2D eigenvalue weighted by atomic mass is 10.3. The molecular weight excluding hydrogens is 218 g/mol. The van der Waals surface area contributed by atoms with Crippen LogP contribution >= 0.6 is 0 Å². The molecule has 0 saturated carbocycles. The minimum absolute atomic E-state index is 0.0300. The van der Waals surface area contributed by atoms with E-state index in [0.29, 0.717) is 0 Å². The summed E-state index contributed by atoms with van der Waals surface area (Å²) < 4.78 is 33.6. The van der Waals surface area contributed by atoms with Gasteiger partial charge in [-0.3, -0.25) is 0 Å². The Morgan fingerprint density at radius 1 is 1.40 bits per heavy atom. The number of aliphatic hydroxyl groups excluding tert-OH is 1. The van der Waals surface area contributed by atoms with E-state index in [4.69, 9.17) is 0 Å². The van der Waals surface area contributed by atoms with E-state index >= 15 is 0 Å². The number of pyridine rings is 1. The van der Waals surface area contributed by atoms with Crippen LogP contribution in [-0.2, 0) is 10.1 Å². The summed E-state index contributed by atoms with van der Waals surface area (Å²) in [6.45, 7) is 3.65. The highest BCUT2D eigenvalue weighted by Crippen LogP contribution is 2.15. The van der Waals surface area contributed by atoms with Gasteiger partial charge >= 0.3 is 0 Å². The lowest BCUT2D eigenvalue weighted by Crippen LogP contribution is -2.42. The van der Waals surface area contributed by atoms with Crippen LogP contribution in [0.4, 0.5) is 0 Å². The van der Waals surface area contributed by atoms with Gasteiger partial charge in [-0.1, -0.05) is 0 Å². The van der Waals surface area contributed by atoms with Crippen LogP contribution in [-0.4, -0.2) is 18.1 Å². The molecule has 0 bridgehead atoms. The first-order valence-electron chi connectivity index (χ1n) is 4.47. The fourth-order valence-electron chi connectivity index (χ4n) is 1.30. The van der Waals surface area contributed by atoms with Crippen molar-refractivity contribution >= 4 is 10.1 Å². The van der Waals surface area contributed by atoms with Crippen molar-refractivity contribution in [2.45, 2.75) is 25.3 Å². The molecule has 0 aromatic carbocycles. The molecule has 0 aliphatic carbocycles. The van der Waals surface area contributed by atoms with Gasteiger partial charge in [0.15, 0.2) is 12.2 Å². The van der Waals surface area contributed by atoms with E-state index < -0.39 is 15.6 Å². The monoisotopic (exact) mass is 231 g/mol. The molecular formula is C9H13NO4S. The lowest BCUT2D eigenvalue weighted by molar-refractivity contribution is -0.725. The SMILES string of the molecule is CC(C)[n+]1ccccc1C(O)S(=O)(=O)[O-]. The van der Waals surface area contributed by atoms with Crippen LogP contribution in [0.3, 0.4) is 0 Å². The highest BCUT2D eigenvalue weighted by atomic mass is 32.2. The lowest BCUT2D eigenvalue weighted by Gasteiger charge is -2.14. The molecule has 1 N–H and O–H groups in total. The Bertz CT molecular complexity index is 441. The zero-order valence-electron chi connectivity index (χ0n) is 8.49. The van der Waals surface area contributed by atoms with E-state index in [-0.39, 0.29) is 11.7 Å². The van der Waals surface area contributed by atoms with Crippen molar-refractivity contribution in [1.82, 2.24) is 0 Å². The van der Waals surface area contributed by atoms with Crippen LogP contribution in [0.15, 0.2) is 24.4 Å². The van der Waals surface area contributed by atoms with E-state index in [9.17, 15) is 18.1 Å². The zero-order valence-corrected chi connectivity index (χ0v) is 9.31. The van der Waals surface area contributed by atoms with Crippen LogP contribution in [0.2, 0.25) is 0 Å². The maximum Gasteiger partial charge on any atom is 0.228 e. The molecule has 0 fully saturated rings. The van der Waals surface area contributed by atoms with E-state index in [1.165, 1.54) is 6.07 Å². The van der Waals surface area contributed by atoms with Crippen LogP contribution < -0.4 is 4.57 Å². The molecule has 0 aliphatic rings. The van der Waals surface area contributed by atoms with Gasteiger partial charge in [0.05, 0.1) is 0 Å². The van der Waals surface area contributed by atoms with Crippen LogP contribution in [0, 0.1) is 0 Å². The Labute approximate surface area is 88.7 Å². The summed E-state index contributed by atoms with van der Waals surface area (Å²) in [5.74, 6) is 0. The molecule has 0 aliphatic heterocycles. The van der Waals surface area contributed by atoms with E-state index in [1.807, 2.05) is 13.8 Å². The molecule has 1 unspecified atom stereocenters. The van der Waals surface area contributed by atoms with Crippen molar-refractivity contribution in [3.8, 4) is 0 Å². The largest absolute Gasteiger partial charge is 0.745 e. The second-order valence-corrected chi connectivity index (χ2v) is 4.90. The molecule has 1 atom stereocenters. The van der Waals surface area contributed by atoms with Crippen molar-refractivity contribution in [2.24, 2.45) is 0 Å². The molecule has 5 nitrogen and oxygen atoms in total. The van der Waals surface area contributed by atoms with Crippen molar-refractivity contribution in [3.63, 3.8) is 0 Å². The van der Waals surface area contributed by atoms with Gasteiger partial charge < -0.3 is 9.66 Å². The van der Waals surface area contributed by atoms with E-state index in [1.54, 1.807) is 22.9 Å². The van der Waals surface area contributed by atoms with E-state index in [2.05, 4.69) is 0 Å². The van der Waals surface area contributed by atoms with E-state index in [0.717, 1.165) is 0 Å². The molecule has 1 heterocycles.